The van der Waals surface area contributed by atoms with Gasteiger partial charge in [0.15, 0.2) is 0 Å². The van der Waals surface area contributed by atoms with Crippen LogP contribution in [-0.4, -0.2) is 19.0 Å². The highest BCUT2D eigenvalue weighted by molar-refractivity contribution is 9.10. The average Bonchev–Trinajstić information content (AvgIpc) is 2.35. The Bertz CT molecular complexity index is 433. The van der Waals surface area contributed by atoms with Crippen molar-refractivity contribution in [2.24, 2.45) is 5.92 Å². The predicted octanol–water partition coefficient (Wildman–Crippen LogP) is 2.92. The first-order valence-electron chi connectivity index (χ1n) is 6.11. The van der Waals surface area contributed by atoms with Crippen LogP contribution in [0.5, 0.6) is 0 Å². The van der Waals surface area contributed by atoms with Gasteiger partial charge >= 0.3 is 0 Å². The van der Waals surface area contributed by atoms with Gasteiger partial charge in [0, 0.05) is 12.1 Å². The second kappa shape index (κ2) is 6.29. The van der Waals surface area contributed by atoms with Crippen molar-refractivity contribution in [2.45, 2.75) is 19.3 Å². The van der Waals surface area contributed by atoms with Gasteiger partial charge in [0.1, 0.15) is 5.82 Å². The second-order valence-electron chi connectivity index (χ2n) is 4.59. The van der Waals surface area contributed by atoms with Crippen LogP contribution in [0, 0.1) is 11.7 Å². The second-order valence-corrected chi connectivity index (χ2v) is 5.45. The highest BCUT2D eigenvalue weighted by atomic mass is 79.9. The molecule has 2 rings (SSSR count). The molecule has 1 unspecified atom stereocenters. The summed E-state index contributed by atoms with van der Waals surface area (Å²) < 4.78 is 13.4. The van der Waals surface area contributed by atoms with Crippen LogP contribution in [0.25, 0.3) is 0 Å². The number of hydrogen-bond donors (Lipinski definition) is 2. The number of benzene rings is 1. The maximum Gasteiger partial charge on any atom is 0.224 e. The fourth-order valence-electron chi connectivity index (χ4n) is 2.15. The summed E-state index contributed by atoms with van der Waals surface area (Å²) >= 11 is 3.10. The van der Waals surface area contributed by atoms with Crippen LogP contribution in [-0.2, 0) is 4.79 Å². The molecule has 1 aromatic carbocycles. The number of hydrogen-bond acceptors (Lipinski definition) is 2. The highest BCUT2D eigenvalue weighted by Crippen LogP contribution is 2.21. The zero-order valence-electron chi connectivity index (χ0n) is 10.0. The number of nitrogens with one attached hydrogen (secondary N) is 2. The molecule has 2 N–H and O–H groups in total. The third-order valence-electron chi connectivity index (χ3n) is 3.08. The molecule has 1 fully saturated rings. The minimum Gasteiger partial charge on any atom is -0.326 e. The largest absolute Gasteiger partial charge is 0.326 e. The Morgan fingerprint density at radius 2 is 2.39 bits per heavy atom. The van der Waals surface area contributed by atoms with Gasteiger partial charge in [0.25, 0.3) is 0 Å². The molecule has 1 aliphatic rings. The van der Waals surface area contributed by atoms with Gasteiger partial charge in [-0.15, -0.1) is 0 Å². The van der Waals surface area contributed by atoms with Crippen LogP contribution in [0.3, 0.4) is 0 Å². The fourth-order valence-corrected chi connectivity index (χ4v) is 2.53. The lowest BCUT2D eigenvalue weighted by Gasteiger charge is -2.22. The first-order chi connectivity index (χ1) is 8.65. The predicted molar refractivity (Wildman–Crippen MR) is 72.9 cm³/mol. The van der Waals surface area contributed by atoms with Crippen molar-refractivity contribution in [3.8, 4) is 0 Å². The quantitative estimate of drug-likeness (QED) is 0.900. The fraction of sp³-hybridized carbons (Fsp3) is 0.462. The van der Waals surface area contributed by atoms with Crippen molar-refractivity contribution >= 4 is 27.5 Å². The van der Waals surface area contributed by atoms with Crippen molar-refractivity contribution < 1.29 is 9.18 Å². The van der Waals surface area contributed by atoms with Gasteiger partial charge in [-0.3, -0.25) is 4.79 Å². The molecule has 18 heavy (non-hydrogen) atoms. The van der Waals surface area contributed by atoms with Crippen molar-refractivity contribution in [1.29, 1.82) is 0 Å². The van der Waals surface area contributed by atoms with E-state index in [9.17, 15) is 9.18 Å². The smallest absolute Gasteiger partial charge is 0.224 e. The van der Waals surface area contributed by atoms with E-state index in [1.165, 1.54) is 6.07 Å². The van der Waals surface area contributed by atoms with Gasteiger partial charge in [0.05, 0.1) is 4.47 Å². The van der Waals surface area contributed by atoms with Crippen molar-refractivity contribution in [2.75, 3.05) is 18.4 Å². The van der Waals surface area contributed by atoms with Crippen molar-refractivity contribution in [3.63, 3.8) is 0 Å². The Morgan fingerprint density at radius 3 is 3.06 bits per heavy atom. The van der Waals surface area contributed by atoms with E-state index in [-0.39, 0.29) is 11.7 Å². The lowest BCUT2D eigenvalue weighted by Crippen LogP contribution is -2.32. The van der Waals surface area contributed by atoms with Gasteiger partial charge < -0.3 is 10.6 Å². The van der Waals surface area contributed by atoms with Crippen molar-refractivity contribution in [3.05, 3.63) is 28.5 Å². The van der Waals surface area contributed by atoms with Crippen LogP contribution in [0.2, 0.25) is 0 Å². The maximum absolute atomic E-state index is 13.0. The molecule has 0 aromatic heterocycles. The van der Waals surface area contributed by atoms with Gasteiger partial charge in [-0.05, 0) is 66.0 Å². The van der Waals surface area contributed by atoms with E-state index in [0.717, 1.165) is 25.9 Å². The molecule has 5 heteroatoms. The maximum atomic E-state index is 13.0. The zero-order valence-corrected chi connectivity index (χ0v) is 11.6. The summed E-state index contributed by atoms with van der Waals surface area (Å²) in [6.07, 6.45) is 2.73. The summed E-state index contributed by atoms with van der Waals surface area (Å²) in [5, 5.41) is 6.08. The lowest BCUT2D eigenvalue weighted by atomic mass is 9.96. The molecule has 3 nitrogen and oxygen atoms in total. The molecule has 1 saturated heterocycles. The van der Waals surface area contributed by atoms with E-state index in [1.54, 1.807) is 12.1 Å². The number of amides is 1. The molecule has 1 amide bonds. The molecule has 0 saturated carbocycles. The Balaban J connectivity index is 1.88. The summed E-state index contributed by atoms with van der Waals surface area (Å²) in [7, 11) is 0. The molecule has 0 spiro atoms. The first-order valence-corrected chi connectivity index (χ1v) is 6.90. The molecule has 0 bridgehead atoms. The highest BCUT2D eigenvalue weighted by Gasteiger charge is 2.16. The van der Waals surface area contributed by atoms with Crippen LogP contribution < -0.4 is 10.6 Å². The summed E-state index contributed by atoms with van der Waals surface area (Å²) in [5.41, 5.74) is 0.622. The number of halogens is 2. The van der Waals surface area contributed by atoms with E-state index >= 15 is 0 Å². The molecule has 1 aromatic rings. The van der Waals surface area contributed by atoms with E-state index in [4.69, 9.17) is 0 Å². The van der Waals surface area contributed by atoms with E-state index < -0.39 is 0 Å². The van der Waals surface area contributed by atoms with Gasteiger partial charge in [0.2, 0.25) is 5.91 Å². The topological polar surface area (TPSA) is 41.1 Å². The Labute approximate surface area is 114 Å². The lowest BCUT2D eigenvalue weighted by molar-refractivity contribution is -0.117. The third-order valence-corrected chi connectivity index (χ3v) is 3.68. The van der Waals surface area contributed by atoms with Crippen LogP contribution in [0.1, 0.15) is 19.3 Å². The van der Waals surface area contributed by atoms with Crippen LogP contribution in [0.4, 0.5) is 10.1 Å². The van der Waals surface area contributed by atoms with Crippen molar-refractivity contribution in [1.82, 2.24) is 5.32 Å². The Kier molecular flexibility index (Phi) is 4.72. The Hall–Kier alpha value is -0.940. The Morgan fingerprint density at radius 1 is 1.56 bits per heavy atom. The van der Waals surface area contributed by atoms with Crippen LogP contribution >= 0.6 is 15.9 Å². The number of carbonyl (C=O) groups is 1. The number of rotatable bonds is 3. The first kappa shape index (κ1) is 13.5. The molecule has 1 atom stereocenters. The molecule has 0 aliphatic carbocycles. The monoisotopic (exact) mass is 314 g/mol. The molecular formula is C13H16BrFN2O. The normalized spacial score (nSPS) is 19.6. The summed E-state index contributed by atoms with van der Waals surface area (Å²) in [6.45, 7) is 1.95. The average molecular weight is 315 g/mol. The molecule has 1 heterocycles. The summed E-state index contributed by atoms with van der Waals surface area (Å²) in [5.74, 6) is 0.0642. The third kappa shape index (κ3) is 3.78. The number of anilines is 1. The molecular weight excluding hydrogens is 299 g/mol. The van der Waals surface area contributed by atoms with Crippen LogP contribution in [0.15, 0.2) is 22.7 Å². The standard InChI is InChI=1S/C13H16BrFN2O/c14-11-7-10(3-4-12(11)15)17-13(18)6-9-2-1-5-16-8-9/h3-4,7,9,16H,1-2,5-6,8H2,(H,17,18). The molecule has 1 aliphatic heterocycles. The van der Waals surface area contributed by atoms with E-state index in [1.807, 2.05) is 0 Å². The number of piperidine rings is 1. The van der Waals surface area contributed by atoms with Gasteiger partial charge in [-0.1, -0.05) is 0 Å². The summed E-state index contributed by atoms with van der Waals surface area (Å²) in [6, 6.07) is 4.48. The van der Waals surface area contributed by atoms with Gasteiger partial charge in [-0.25, -0.2) is 4.39 Å². The molecule has 0 radical (unpaired) electrons. The number of carbonyl (C=O) groups excluding carboxylic acids is 1. The molecule has 98 valence electrons. The van der Waals surface area contributed by atoms with Gasteiger partial charge in [-0.2, -0.15) is 0 Å². The van der Waals surface area contributed by atoms with E-state index in [2.05, 4.69) is 26.6 Å². The SMILES string of the molecule is O=C(CC1CCCNC1)Nc1ccc(F)c(Br)c1. The summed E-state index contributed by atoms with van der Waals surface area (Å²) in [4.78, 5) is 11.8. The minimum absolute atomic E-state index is 0.0118. The minimum atomic E-state index is -0.329. The zero-order chi connectivity index (χ0) is 13.0. The van der Waals surface area contributed by atoms with E-state index in [0.29, 0.717) is 22.5 Å².